The quantitative estimate of drug-likeness (QED) is 0.845. The average molecular weight is 342 g/mol. The van der Waals surface area contributed by atoms with Crippen molar-refractivity contribution in [3.05, 3.63) is 51.6 Å². The van der Waals surface area contributed by atoms with Crippen LogP contribution in [0.2, 0.25) is 0 Å². The number of methoxy groups -OCH3 is 1. The molecule has 0 bridgehead atoms. The van der Waals surface area contributed by atoms with Gasteiger partial charge in [0.15, 0.2) is 0 Å². The Hall–Kier alpha value is -2.94. The Kier molecular flexibility index (Phi) is 5.38. The van der Waals surface area contributed by atoms with Gasteiger partial charge in [-0.05, 0) is 50.5 Å². The van der Waals surface area contributed by atoms with E-state index in [1.165, 1.54) is 0 Å². The van der Waals surface area contributed by atoms with E-state index < -0.39 is 11.9 Å². The van der Waals surface area contributed by atoms with Crippen molar-refractivity contribution >= 4 is 5.97 Å². The smallest absolute Gasteiger partial charge is 0.338 e. The Labute approximate surface area is 147 Å². The first-order valence-corrected chi connectivity index (χ1v) is 7.96. The number of nitrogens with two attached hydrogens (primary N) is 1. The fourth-order valence-electron chi connectivity index (χ4n) is 3.02. The largest absolute Gasteiger partial charge is 0.496 e. The summed E-state index contributed by atoms with van der Waals surface area (Å²) >= 11 is 0. The number of nitriles is 1. The minimum absolute atomic E-state index is 0.00548. The third-order valence-electron chi connectivity index (χ3n) is 4.41. The van der Waals surface area contributed by atoms with Crippen molar-refractivity contribution in [2.24, 2.45) is 5.73 Å². The number of hydrogen-bond acceptors (Lipinski definition) is 6. The molecule has 2 N–H and O–H groups in total. The number of esters is 1. The summed E-state index contributed by atoms with van der Waals surface area (Å²) in [4.78, 5) is 12.5. The number of ether oxygens (including phenoxy) is 3. The van der Waals surface area contributed by atoms with Crippen LogP contribution in [0, 0.1) is 25.2 Å². The molecule has 1 aliphatic heterocycles. The summed E-state index contributed by atoms with van der Waals surface area (Å²) in [7, 11) is 1.60. The normalized spacial score (nSPS) is 17.0. The van der Waals surface area contributed by atoms with Crippen LogP contribution in [0.25, 0.3) is 0 Å². The van der Waals surface area contributed by atoms with Gasteiger partial charge in [-0.2, -0.15) is 5.26 Å². The van der Waals surface area contributed by atoms with Crippen molar-refractivity contribution in [2.75, 3.05) is 13.7 Å². The zero-order valence-electron chi connectivity index (χ0n) is 15.1. The van der Waals surface area contributed by atoms with Crippen LogP contribution in [0.1, 0.15) is 36.5 Å². The predicted octanol–water partition coefficient (Wildman–Crippen LogP) is 2.96. The zero-order chi connectivity index (χ0) is 18.7. The van der Waals surface area contributed by atoms with Crippen LogP contribution in [-0.4, -0.2) is 19.7 Å². The first-order chi connectivity index (χ1) is 11.9. The molecule has 2 rings (SSSR count). The molecule has 0 unspecified atom stereocenters. The topological polar surface area (TPSA) is 94.6 Å². The van der Waals surface area contributed by atoms with Gasteiger partial charge in [0.05, 0.1) is 25.2 Å². The van der Waals surface area contributed by atoms with Crippen molar-refractivity contribution in [1.29, 1.82) is 5.26 Å². The summed E-state index contributed by atoms with van der Waals surface area (Å²) in [6, 6.07) is 5.74. The highest BCUT2D eigenvalue weighted by Crippen LogP contribution is 2.42. The maximum absolute atomic E-state index is 12.5. The Bertz CT molecular complexity index is 815. The van der Waals surface area contributed by atoms with Crippen LogP contribution >= 0.6 is 0 Å². The van der Waals surface area contributed by atoms with Crippen molar-refractivity contribution in [3.8, 4) is 11.8 Å². The Morgan fingerprint density at radius 1 is 1.32 bits per heavy atom. The summed E-state index contributed by atoms with van der Waals surface area (Å²) in [5, 5.41) is 9.60. The van der Waals surface area contributed by atoms with Gasteiger partial charge in [0.25, 0.3) is 0 Å². The van der Waals surface area contributed by atoms with Gasteiger partial charge in [-0.25, -0.2) is 4.79 Å². The highest BCUT2D eigenvalue weighted by atomic mass is 16.5. The molecule has 1 atom stereocenters. The second-order valence-electron chi connectivity index (χ2n) is 5.72. The summed E-state index contributed by atoms with van der Waals surface area (Å²) in [5.41, 5.74) is 9.05. The summed E-state index contributed by atoms with van der Waals surface area (Å²) in [6.07, 6.45) is 0. The fourth-order valence-corrected chi connectivity index (χ4v) is 3.02. The van der Waals surface area contributed by atoms with E-state index in [9.17, 15) is 10.1 Å². The van der Waals surface area contributed by atoms with Crippen molar-refractivity contribution in [1.82, 2.24) is 0 Å². The van der Waals surface area contributed by atoms with Crippen LogP contribution < -0.4 is 10.5 Å². The highest BCUT2D eigenvalue weighted by molar-refractivity contribution is 5.92. The maximum Gasteiger partial charge on any atom is 0.338 e. The van der Waals surface area contributed by atoms with Crippen molar-refractivity contribution in [3.63, 3.8) is 0 Å². The number of rotatable bonds is 4. The number of benzene rings is 1. The van der Waals surface area contributed by atoms with Crippen LogP contribution in [0.15, 0.2) is 34.9 Å². The van der Waals surface area contributed by atoms with E-state index in [4.69, 9.17) is 19.9 Å². The van der Waals surface area contributed by atoms with Gasteiger partial charge < -0.3 is 19.9 Å². The lowest BCUT2D eigenvalue weighted by molar-refractivity contribution is -0.139. The molecule has 0 aliphatic carbocycles. The maximum atomic E-state index is 12.5. The molecule has 1 aromatic rings. The number of carbonyl (C=O) groups is 1. The first kappa shape index (κ1) is 18.4. The third-order valence-corrected chi connectivity index (χ3v) is 4.41. The molecule has 1 heterocycles. The Morgan fingerprint density at radius 3 is 2.56 bits per heavy atom. The molecule has 1 aromatic carbocycles. The van der Waals surface area contributed by atoms with Gasteiger partial charge in [-0.1, -0.05) is 6.07 Å². The van der Waals surface area contributed by atoms with Gasteiger partial charge in [0, 0.05) is 0 Å². The zero-order valence-corrected chi connectivity index (χ0v) is 15.1. The molecule has 0 amide bonds. The minimum Gasteiger partial charge on any atom is -0.496 e. The highest BCUT2D eigenvalue weighted by Gasteiger charge is 2.37. The molecule has 132 valence electrons. The molecule has 0 spiro atoms. The molecule has 0 aromatic heterocycles. The van der Waals surface area contributed by atoms with Gasteiger partial charge in [0.2, 0.25) is 5.88 Å². The van der Waals surface area contributed by atoms with Gasteiger partial charge in [0.1, 0.15) is 23.2 Å². The van der Waals surface area contributed by atoms with Gasteiger partial charge in [-0.3, -0.25) is 0 Å². The minimum atomic E-state index is -0.637. The lowest BCUT2D eigenvalue weighted by Gasteiger charge is -2.28. The van der Waals surface area contributed by atoms with E-state index in [0.29, 0.717) is 11.3 Å². The molecule has 6 heteroatoms. The van der Waals surface area contributed by atoms with E-state index in [0.717, 1.165) is 22.4 Å². The summed E-state index contributed by atoms with van der Waals surface area (Å²) < 4.78 is 15.9. The summed E-state index contributed by atoms with van der Waals surface area (Å²) in [5.74, 6) is -0.0681. The van der Waals surface area contributed by atoms with Crippen LogP contribution in [0.5, 0.6) is 5.75 Å². The monoisotopic (exact) mass is 342 g/mol. The standard InChI is InChI=1S/C19H22N2O4/c1-6-24-19(22)16-12(4)25-18(21)14(9-20)17(16)13-7-8-15(23-5)11(3)10(13)2/h7-8,17H,6,21H2,1-5H3/t17-/m1/s1. The Morgan fingerprint density at radius 2 is 2.00 bits per heavy atom. The molecule has 25 heavy (non-hydrogen) atoms. The van der Waals surface area contributed by atoms with E-state index in [1.54, 1.807) is 21.0 Å². The van der Waals surface area contributed by atoms with Crippen molar-refractivity contribution in [2.45, 2.75) is 33.6 Å². The molecule has 6 nitrogen and oxygen atoms in total. The SMILES string of the molecule is CCOC(=O)C1=C(C)OC(N)=C(C#N)[C@H]1c1ccc(OC)c(C)c1C. The second-order valence-corrected chi connectivity index (χ2v) is 5.72. The van der Waals surface area contributed by atoms with E-state index in [1.807, 2.05) is 26.0 Å². The van der Waals surface area contributed by atoms with E-state index in [2.05, 4.69) is 6.07 Å². The molecule has 0 radical (unpaired) electrons. The predicted molar refractivity (Wildman–Crippen MR) is 92.5 cm³/mol. The summed E-state index contributed by atoms with van der Waals surface area (Å²) in [6.45, 7) is 7.45. The number of hydrogen-bond donors (Lipinski definition) is 1. The van der Waals surface area contributed by atoms with Gasteiger partial charge in [-0.15, -0.1) is 0 Å². The average Bonchev–Trinajstić information content (AvgIpc) is 2.57. The first-order valence-electron chi connectivity index (χ1n) is 7.96. The molecular formula is C19H22N2O4. The molecule has 0 fully saturated rings. The molecule has 1 aliphatic rings. The lowest BCUT2D eigenvalue weighted by atomic mass is 9.80. The van der Waals surface area contributed by atoms with Gasteiger partial charge >= 0.3 is 5.97 Å². The molecule has 0 saturated heterocycles. The lowest BCUT2D eigenvalue weighted by Crippen LogP contribution is -2.26. The second kappa shape index (κ2) is 7.31. The van der Waals surface area contributed by atoms with Crippen molar-refractivity contribution < 1.29 is 19.0 Å². The molecule has 0 saturated carbocycles. The molecular weight excluding hydrogens is 320 g/mol. The van der Waals surface area contributed by atoms with Crippen LogP contribution in [0.4, 0.5) is 0 Å². The number of allylic oxidation sites excluding steroid dienone is 2. The fraction of sp³-hybridized carbons (Fsp3) is 0.368. The number of nitrogens with zero attached hydrogens (tertiary/aromatic N) is 1. The Balaban J connectivity index is 2.71. The van der Waals surface area contributed by atoms with Crippen LogP contribution in [-0.2, 0) is 14.3 Å². The van der Waals surface area contributed by atoms with E-state index in [-0.39, 0.29) is 18.1 Å². The number of carbonyl (C=O) groups excluding carboxylic acids is 1. The van der Waals surface area contributed by atoms with Crippen LogP contribution in [0.3, 0.4) is 0 Å². The van der Waals surface area contributed by atoms with E-state index >= 15 is 0 Å². The third kappa shape index (κ3) is 3.18.